The van der Waals surface area contributed by atoms with E-state index in [1.165, 1.54) is 0 Å². The Labute approximate surface area is 160 Å². The molecule has 0 spiro atoms. The summed E-state index contributed by atoms with van der Waals surface area (Å²) in [6.45, 7) is 0.613. The minimum Gasteiger partial charge on any atom is -0.361 e. The van der Waals surface area contributed by atoms with Gasteiger partial charge in [-0.2, -0.15) is 0 Å². The van der Waals surface area contributed by atoms with Gasteiger partial charge < -0.3 is 10.3 Å². The maximum Gasteiger partial charge on any atom is 0.274 e. The first-order valence-electron chi connectivity index (χ1n) is 8.68. The molecule has 136 valence electrons. The summed E-state index contributed by atoms with van der Waals surface area (Å²) in [5, 5.41) is 13.1. The number of aromatic amines is 2. The number of hydrogen-bond donors (Lipinski definition) is 3. The van der Waals surface area contributed by atoms with Crippen molar-refractivity contribution >= 4 is 28.5 Å². The molecule has 0 saturated carbocycles. The van der Waals surface area contributed by atoms with Crippen LogP contribution in [0.3, 0.4) is 0 Å². The Balaban J connectivity index is 1.40. The number of aromatic nitrogens is 4. The third-order valence-electron chi connectivity index (χ3n) is 4.40. The second-order valence-corrected chi connectivity index (χ2v) is 6.73. The molecule has 0 bridgehead atoms. The molecule has 4 rings (SSSR count). The van der Waals surface area contributed by atoms with Gasteiger partial charge in [-0.1, -0.05) is 41.9 Å². The lowest BCUT2D eigenvalue weighted by atomic mass is 10.1. The van der Waals surface area contributed by atoms with Crippen molar-refractivity contribution in [2.75, 3.05) is 11.9 Å². The van der Waals surface area contributed by atoms with Crippen molar-refractivity contribution in [1.82, 2.24) is 20.2 Å². The van der Waals surface area contributed by atoms with Crippen LogP contribution < -0.4 is 10.9 Å². The standard InChI is InChI=1S/C20H18ClN5O/c21-15-6-7-17-16(11-15)14(12-23-17)8-9-22-20-24-19(27)18(25-26-20)10-13-4-2-1-3-5-13/h1-7,11-12,23H,8-10H2,(H2,22,24,26,27). The van der Waals surface area contributed by atoms with E-state index in [1.54, 1.807) is 0 Å². The van der Waals surface area contributed by atoms with Crippen LogP contribution in [-0.4, -0.2) is 26.7 Å². The van der Waals surface area contributed by atoms with Gasteiger partial charge in [0.15, 0.2) is 0 Å². The summed E-state index contributed by atoms with van der Waals surface area (Å²) in [4.78, 5) is 18.2. The van der Waals surface area contributed by atoms with E-state index in [0.717, 1.165) is 28.5 Å². The minimum absolute atomic E-state index is 0.227. The molecule has 7 heteroatoms. The van der Waals surface area contributed by atoms with E-state index in [1.807, 2.05) is 54.7 Å². The van der Waals surface area contributed by atoms with E-state index in [-0.39, 0.29) is 5.56 Å². The van der Waals surface area contributed by atoms with Gasteiger partial charge in [-0.25, -0.2) is 0 Å². The van der Waals surface area contributed by atoms with Gasteiger partial charge in [0.2, 0.25) is 5.95 Å². The fraction of sp³-hybridized carbons (Fsp3) is 0.150. The number of nitrogens with one attached hydrogen (secondary N) is 3. The molecule has 2 aromatic carbocycles. The largest absolute Gasteiger partial charge is 0.361 e. The van der Waals surface area contributed by atoms with Gasteiger partial charge in [0.25, 0.3) is 5.56 Å². The van der Waals surface area contributed by atoms with Gasteiger partial charge in [0.05, 0.1) is 0 Å². The number of H-pyrrole nitrogens is 2. The van der Waals surface area contributed by atoms with E-state index < -0.39 is 0 Å². The first kappa shape index (κ1) is 17.3. The minimum atomic E-state index is -0.227. The van der Waals surface area contributed by atoms with Crippen LogP contribution in [0.15, 0.2) is 59.5 Å². The van der Waals surface area contributed by atoms with Crippen LogP contribution in [0.4, 0.5) is 5.95 Å². The number of benzene rings is 2. The van der Waals surface area contributed by atoms with Crippen LogP contribution in [0.1, 0.15) is 16.8 Å². The van der Waals surface area contributed by atoms with Crippen LogP contribution in [-0.2, 0) is 12.8 Å². The lowest BCUT2D eigenvalue weighted by molar-refractivity contribution is 0.855. The lowest BCUT2D eigenvalue weighted by Crippen LogP contribution is -2.20. The monoisotopic (exact) mass is 379 g/mol. The van der Waals surface area contributed by atoms with Gasteiger partial charge in [-0.3, -0.25) is 9.78 Å². The van der Waals surface area contributed by atoms with Crippen LogP contribution >= 0.6 is 11.6 Å². The highest BCUT2D eigenvalue weighted by atomic mass is 35.5. The molecule has 3 N–H and O–H groups in total. The summed E-state index contributed by atoms with van der Waals surface area (Å²) in [6, 6.07) is 15.5. The zero-order chi connectivity index (χ0) is 18.6. The van der Waals surface area contributed by atoms with Gasteiger partial charge >= 0.3 is 0 Å². The molecule has 0 saturated heterocycles. The van der Waals surface area contributed by atoms with Crippen molar-refractivity contribution in [3.05, 3.63) is 86.9 Å². The smallest absolute Gasteiger partial charge is 0.274 e. The van der Waals surface area contributed by atoms with E-state index in [4.69, 9.17) is 11.6 Å². The van der Waals surface area contributed by atoms with Crippen molar-refractivity contribution < 1.29 is 0 Å². The van der Waals surface area contributed by atoms with Gasteiger partial charge in [0, 0.05) is 35.1 Å². The van der Waals surface area contributed by atoms with Crippen LogP contribution in [0.25, 0.3) is 10.9 Å². The Morgan fingerprint density at radius 2 is 1.93 bits per heavy atom. The average molecular weight is 380 g/mol. The number of halogens is 1. The zero-order valence-corrected chi connectivity index (χ0v) is 15.3. The molecule has 0 aliphatic rings. The van der Waals surface area contributed by atoms with Gasteiger partial charge in [0.1, 0.15) is 5.69 Å². The van der Waals surface area contributed by atoms with E-state index in [0.29, 0.717) is 29.6 Å². The van der Waals surface area contributed by atoms with Crippen molar-refractivity contribution in [3.8, 4) is 0 Å². The van der Waals surface area contributed by atoms with Crippen molar-refractivity contribution in [1.29, 1.82) is 0 Å². The molecule has 0 aliphatic carbocycles. The van der Waals surface area contributed by atoms with Gasteiger partial charge in [-0.05, 0) is 35.7 Å². The number of fused-ring (bicyclic) bond motifs is 1. The Bertz CT molecular complexity index is 1120. The molecule has 4 aromatic rings. The van der Waals surface area contributed by atoms with E-state index in [2.05, 4.69) is 25.5 Å². The second-order valence-electron chi connectivity index (χ2n) is 6.29. The molecule has 0 aliphatic heterocycles. The quantitative estimate of drug-likeness (QED) is 0.478. The Kier molecular flexibility index (Phi) is 4.89. The number of rotatable bonds is 6. The third kappa shape index (κ3) is 4.01. The lowest BCUT2D eigenvalue weighted by Gasteiger charge is -2.05. The molecule has 0 atom stereocenters. The van der Waals surface area contributed by atoms with E-state index >= 15 is 0 Å². The first-order chi connectivity index (χ1) is 13.2. The molecule has 27 heavy (non-hydrogen) atoms. The third-order valence-corrected chi connectivity index (χ3v) is 4.63. The molecule has 0 amide bonds. The number of anilines is 1. The summed E-state index contributed by atoms with van der Waals surface area (Å²) >= 11 is 6.08. The topological polar surface area (TPSA) is 86.5 Å². The maximum atomic E-state index is 12.2. The highest BCUT2D eigenvalue weighted by molar-refractivity contribution is 6.31. The fourth-order valence-electron chi connectivity index (χ4n) is 3.02. The van der Waals surface area contributed by atoms with Gasteiger partial charge in [-0.15, -0.1) is 10.2 Å². The van der Waals surface area contributed by atoms with Crippen molar-refractivity contribution in [2.45, 2.75) is 12.8 Å². The second kappa shape index (κ2) is 7.63. The maximum absolute atomic E-state index is 12.2. The van der Waals surface area contributed by atoms with Crippen LogP contribution in [0, 0.1) is 0 Å². The molecule has 2 heterocycles. The Hall–Kier alpha value is -3.12. The van der Waals surface area contributed by atoms with Crippen molar-refractivity contribution in [3.63, 3.8) is 0 Å². The Morgan fingerprint density at radius 1 is 1.07 bits per heavy atom. The predicted molar refractivity (Wildman–Crippen MR) is 107 cm³/mol. The highest BCUT2D eigenvalue weighted by Crippen LogP contribution is 2.22. The summed E-state index contributed by atoms with van der Waals surface area (Å²) in [5.74, 6) is 0.370. The number of hydrogen-bond acceptors (Lipinski definition) is 4. The zero-order valence-electron chi connectivity index (χ0n) is 14.5. The Morgan fingerprint density at radius 3 is 2.74 bits per heavy atom. The summed E-state index contributed by atoms with van der Waals surface area (Å²) in [7, 11) is 0. The number of nitrogens with zero attached hydrogens (tertiary/aromatic N) is 2. The molecule has 0 fully saturated rings. The average Bonchev–Trinajstić information content (AvgIpc) is 3.07. The highest BCUT2D eigenvalue weighted by Gasteiger charge is 2.07. The normalized spacial score (nSPS) is 11.0. The molecular weight excluding hydrogens is 362 g/mol. The SMILES string of the molecule is O=c1[nH]c(NCCc2c[nH]c3ccc(Cl)cc23)nnc1Cc1ccccc1. The van der Waals surface area contributed by atoms with Crippen LogP contribution in [0.2, 0.25) is 5.02 Å². The predicted octanol–water partition coefficient (Wildman–Crippen LogP) is 3.55. The summed E-state index contributed by atoms with van der Waals surface area (Å²) in [5.41, 5.74) is 3.40. The molecule has 2 aromatic heterocycles. The van der Waals surface area contributed by atoms with E-state index in [9.17, 15) is 4.79 Å². The molecular formula is C20H18ClN5O. The first-order valence-corrected chi connectivity index (χ1v) is 9.06. The fourth-order valence-corrected chi connectivity index (χ4v) is 3.19. The molecule has 0 unspecified atom stereocenters. The molecule has 6 nitrogen and oxygen atoms in total. The van der Waals surface area contributed by atoms with Crippen LogP contribution in [0.5, 0.6) is 0 Å². The summed E-state index contributed by atoms with van der Waals surface area (Å²) < 4.78 is 0. The van der Waals surface area contributed by atoms with Crippen molar-refractivity contribution in [2.24, 2.45) is 0 Å². The molecule has 0 radical (unpaired) electrons. The summed E-state index contributed by atoms with van der Waals surface area (Å²) in [6.07, 6.45) is 3.19.